The first-order valence-electron chi connectivity index (χ1n) is 10.8. The summed E-state index contributed by atoms with van der Waals surface area (Å²) in [7, 11) is 0. The third-order valence-corrected chi connectivity index (χ3v) is 4.92. The molecule has 0 aromatic heterocycles. The van der Waals surface area contributed by atoms with Crippen LogP contribution in [0.1, 0.15) is 96.8 Å². The lowest BCUT2D eigenvalue weighted by atomic mass is 10.0. The third-order valence-electron chi connectivity index (χ3n) is 4.92. The number of aliphatic carboxylic acids is 1. The van der Waals surface area contributed by atoms with Gasteiger partial charge in [-0.1, -0.05) is 84.0 Å². The van der Waals surface area contributed by atoms with Gasteiger partial charge in [-0.3, -0.25) is 9.69 Å². The highest BCUT2D eigenvalue weighted by molar-refractivity contribution is 5.66. The van der Waals surface area contributed by atoms with Crippen molar-refractivity contribution < 1.29 is 20.1 Å². The number of carbonyl (C=O) groups is 1. The summed E-state index contributed by atoms with van der Waals surface area (Å²) in [6, 6.07) is 0. The second-order valence-electron chi connectivity index (χ2n) is 7.50. The minimum absolute atomic E-state index is 0.00899. The van der Waals surface area contributed by atoms with Crippen molar-refractivity contribution in [2.45, 2.75) is 103 Å². The maximum absolute atomic E-state index is 10.6. The summed E-state index contributed by atoms with van der Waals surface area (Å²) in [5, 5.41) is 27.9. The number of rotatable bonds is 20. The molecule has 5 nitrogen and oxygen atoms in total. The van der Waals surface area contributed by atoms with E-state index in [1.807, 2.05) is 4.90 Å². The molecule has 0 saturated heterocycles. The van der Waals surface area contributed by atoms with E-state index in [0.29, 0.717) is 19.6 Å². The van der Waals surface area contributed by atoms with Gasteiger partial charge in [0.15, 0.2) is 0 Å². The largest absolute Gasteiger partial charge is 0.481 e. The molecule has 26 heavy (non-hydrogen) atoms. The highest BCUT2D eigenvalue weighted by Gasteiger charge is 2.12. The zero-order chi connectivity index (χ0) is 19.5. The van der Waals surface area contributed by atoms with Gasteiger partial charge in [0.25, 0.3) is 0 Å². The van der Waals surface area contributed by atoms with Crippen molar-refractivity contribution in [3.8, 4) is 0 Å². The number of carboxylic acids is 1. The molecule has 0 bridgehead atoms. The molecule has 0 saturated carbocycles. The Hall–Kier alpha value is -0.650. The van der Waals surface area contributed by atoms with Crippen LogP contribution < -0.4 is 0 Å². The van der Waals surface area contributed by atoms with Crippen molar-refractivity contribution in [3.05, 3.63) is 0 Å². The minimum atomic E-state index is -0.844. The maximum Gasteiger partial charge on any atom is 0.304 e. The smallest absolute Gasteiger partial charge is 0.304 e. The van der Waals surface area contributed by atoms with E-state index in [1.165, 1.54) is 64.2 Å². The topological polar surface area (TPSA) is 81.0 Å². The lowest BCUT2D eigenvalue weighted by Gasteiger charge is -2.23. The zero-order valence-corrected chi connectivity index (χ0v) is 17.0. The van der Waals surface area contributed by atoms with Crippen molar-refractivity contribution in [1.82, 2.24) is 4.90 Å². The van der Waals surface area contributed by atoms with Gasteiger partial charge in [0.2, 0.25) is 0 Å². The van der Waals surface area contributed by atoms with Crippen LogP contribution in [0.2, 0.25) is 0 Å². The fourth-order valence-electron chi connectivity index (χ4n) is 3.30. The first-order chi connectivity index (χ1) is 12.6. The van der Waals surface area contributed by atoms with Crippen molar-refractivity contribution >= 4 is 5.97 Å². The quantitative estimate of drug-likeness (QED) is 0.279. The average molecular weight is 374 g/mol. The summed E-state index contributed by atoms with van der Waals surface area (Å²) in [5.74, 6) is -0.844. The predicted octanol–water partition coefficient (Wildman–Crippen LogP) is 4.21. The van der Waals surface area contributed by atoms with Crippen LogP contribution in [0.25, 0.3) is 0 Å². The molecule has 5 heteroatoms. The van der Waals surface area contributed by atoms with Gasteiger partial charge in [-0.2, -0.15) is 0 Å². The first kappa shape index (κ1) is 25.4. The summed E-state index contributed by atoms with van der Waals surface area (Å²) in [4.78, 5) is 12.5. The standard InChI is InChI=1S/C21H43NO4/c1-2-3-4-5-6-7-8-9-10-11-12-13-14-20(24)19-22(17-18-23)16-15-21(25)26/h20,23-24H,2-19H2,1H3,(H,25,26). The van der Waals surface area contributed by atoms with Gasteiger partial charge < -0.3 is 15.3 Å². The molecule has 0 rings (SSSR count). The van der Waals surface area contributed by atoms with E-state index in [-0.39, 0.29) is 13.0 Å². The van der Waals surface area contributed by atoms with E-state index < -0.39 is 12.1 Å². The number of hydrogen-bond acceptors (Lipinski definition) is 4. The highest BCUT2D eigenvalue weighted by atomic mass is 16.4. The number of unbranched alkanes of at least 4 members (excludes halogenated alkanes) is 11. The fourth-order valence-corrected chi connectivity index (χ4v) is 3.30. The van der Waals surface area contributed by atoms with E-state index in [1.54, 1.807) is 0 Å². The summed E-state index contributed by atoms with van der Waals surface area (Å²) in [5.41, 5.74) is 0. The van der Waals surface area contributed by atoms with Crippen LogP contribution in [0, 0.1) is 0 Å². The molecule has 0 spiro atoms. The molecule has 0 aromatic rings. The number of carboxylic acid groups (broad SMARTS) is 1. The molecule has 0 aromatic carbocycles. The molecule has 0 radical (unpaired) electrons. The Bertz CT molecular complexity index is 312. The molecule has 0 aliphatic rings. The zero-order valence-electron chi connectivity index (χ0n) is 17.0. The Labute approximate surface area is 160 Å². The Morgan fingerprint density at radius 1 is 0.846 bits per heavy atom. The van der Waals surface area contributed by atoms with Crippen LogP contribution >= 0.6 is 0 Å². The van der Waals surface area contributed by atoms with Crippen LogP contribution in [0.4, 0.5) is 0 Å². The van der Waals surface area contributed by atoms with Crippen LogP contribution in [0.3, 0.4) is 0 Å². The summed E-state index contributed by atoms with van der Waals surface area (Å²) in [6.07, 6.45) is 16.0. The van der Waals surface area contributed by atoms with Gasteiger partial charge in [0.1, 0.15) is 0 Å². The van der Waals surface area contributed by atoms with E-state index >= 15 is 0 Å². The average Bonchev–Trinajstić information content (AvgIpc) is 2.60. The van der Waals surface area contributed by atoms with Crippen LogP contribution in [0.5, 0.6) is 0 Å². The van der Waals surface area contributed by atoms with Crippen molar-refractivity contribution in [3.63, 3.8) is 0 Å². The molecule has 1 atom stereocenters. The van der Waals surface area contributed by atoms with E-state index in [2.05, 4.69) is 6.92 Å². The normalized spacial score (nSPS) is 12.6. The van der Waals surface area contributed by atoms with Crippen molar-refractivity contribution in [2.75, 3.05) is 26.2 Å². The molecular formula is C21H43NO4. The van der Waals surface area contributed by atoms with Gasteiger partial charge in [0, 0.05) is 19.6 Å². The SMILES string of the molecule is CCCCCCCCCCCCCCC(O)CN(CCO)CCC(=O)O. The van der Waals surface area contributed by atoms with Gasteiger partial charge in [-0.05, 0) is 6.42 Å². The Morgan fingerprint density at radius 3 is 1.81 bits per heavy atom. The monoisotopic (exact) mass is 373 g/mol. The van der Waals surface area contributed by atoms with E-state index in [9.17, 15) is 9.90 Å². The second kappa shape index (κ2) is 19.1. The number of aliphatic hydroxyl groups is 2. The van der Waals surface area contributed by atoms with Crippen LogP contribution in [0.15, 0.2) is 0 Å². The Morgan fingerprint density at radius 2 is 1.35 bits per heavy atom. The first-order valence-corrected chi connectivity index (χ1v) is 10.8. The van der Waals surface area contributed by atoms with E-state index in [0.717, 1.165) is 19.3 Å². The molecule has 3 N–H and O–H groups in total. The van der Waals surface area contributed by atoms with Gasteiger partial charge in [-0.15, -0.1) is 0 Å². The lowest BCUT2D eigenvalue weighted by Crippen LogP contribution is -2.36. The van der Waals surface area contributed by atoms with Crippen molar-refractivity contribution in [1.29, 1.82) is 0 Å². The number of aliphatic hydroxyl groups excluding tert-OH is 2. The summed E-state index contributed by atoms with van der Waals surface area (Å²) >= 11 is 0. The lowest BCUT2D eigenvalue weighted by molar-refractivity contribution is -0.137. The van der Waals surface area contributed by atoms with Gasteiger partial charge in [-0.25, -0.2) is 0 Å². The molecule has 0 aliphatic heterocycles. The third kappa shape index (κ3) is 18.2. The maximum atomic E-state index is 10.6. The molecular weight excluding hydrogens is 330 g/mol. The Balaban J connectivity index is 3.48. The molecule has 156 valence electrons. The molecule has 0 amide bonds. The summed E-state index contributed by atoms with van der Waals surface area (Å²) in [6.45, 7) is 3.49. The van der Waals surface area contributed by atoms with Crippen molar-refractivity contribution in [2.24, 2.45) is 0 Å². The number of nitrogens with zero attached hydrogens (tertiary/aromatic N) is 1. The van der Waals surface area contributed by atoms with E-state index in [4.69, 9.17) is 10.2 Å². The minimum Gasteiger partial charge on any atom is -0.481 e. The fraction of sp³-hybridized carbons (Fsp3) is 0.952. The molecule has 0 aliphatic carbocycles. The second-order valence-corrected chi connectivity index (χ2v) is 7.50. The molecule has 1 unspecified atom stereocenters. The van der Waals surface area contributed by atoms with Crippen LogP contribution in [-0.2, 0) is 4.79 Å². The van der Waals surface area contributed by atoms with Crippen LogP contribution in [-0.4, -0.2) is 58.5 Å². The predicted molar refractivity (Wildman–Crippen MR) is 107 cm³/mol. The molecule has 0 heterocycles. The van der Waals surface area contributed by atoms with Gasteiger partial charge >= 0.3 is 5.97 Å². The van der Waals surface area contributed by atoms with Gasteiger partial charge in [0.05, 0.1) is 19.1 Å². The summed E-state index contributed by atoms with van der Waals surface area (Å²) < 4.78 is 0. The Kier molecular flexibility index (Phi) is 18.6. The number of hydrogen-bond donors (Lipinski definition) is 3. The highest BCUT2D eigenvalue weighted by Crippen LogP contribution is 2.13. The molecule has 0 fully saturated rings.